The Morgan fingerprint density at radius 2 is 1.64 bits per heavy atom. The summed E-state index contributed by atoms with van der Waals surface area (Å²) in [5, 5.41) is 18.4. The smallest absolute Gasteiger partial charge is 0.296 e. The third kappa shape index (κ3) is 15.6. The molecule has 9 nitrogen and oxygen atoms in total. The molecular formula is C15H27N3O6S. The molecule has 0 fully saturated rings. The molecule has 0 aliphatic carbocycles. The van der Waals surface area contributed by atoms with Gasteiger partial charge in [0.1, 0.15) is 0 Å². The maximum absolute atomic E-state index is 11.5. The highest BCUT2D eigenvalue weighted by atomic mass is 32.2. The van der Waals surface area contributed by atoms with Gasteiger partial charge in [-0.25, -0.2) is 0 Å². The van der Waals surface area contributed by atoms with E-state index in [-0.39, 0.29) is 31.3 Å². The van der Waals surface area contributed by atoms with Gasteiger partial charge in [-0.15, -0.1) is 0 Å². The van der Waals surface area contributed by atoms with Crippen LogP contribution in [0.1, 0.15) is 19.4 Å². The lowest BCUT2D eigenvalue weighted by Crippen LogP contribution is -2.09. The Balaban J connectivity index is 0. The molecule has 0 heterocycles. The van der Waals surface area contributed by atoms with Crippen LogP contribution in [0.3, 0.4) is 0 Å². The van der Waals surface area contributed by atoms with E-state index in [1.54, 1.807) is 12.1 Å². The van der Waals surface area contributed by atoms with E-state index in [1.165, 1.54) is 12.1 Å². The molecule has 1 aromatic carbocycles. The van der Waals surface area contributed by atoms with Gasteiger partial charge in [-0.1, -0.05) is 22.8 Å². The molecular weight excluding hydrogens is 350 g/mol. The zero-order valence-corrected chi connectivity index (χ0v) is 15.6. The highest BCUT2D eigenvalue weighted by Crippen LogP contribution is 2.12. The minimum absolute atomic E-state index is 0.0123. The highest BCUT2D eigenvalue weighted by molar-refractivity contribution is 7.86. The number of benzene rings is 1. The number of nitrogens with zero attached hydrogens (tertiary/aromatic N) is 3. The maximum atomic E-state index is 11.5. The van der Waals surface area contributed by atoms with Crippen molar-refractivity contribution >= 4 is 10.1 Å². The summed E-state index contributed by atoms with van der Waals surface area (Å²) in [6.07, 6.45) is 0. The number of azide groups is 1. The molecule has 0 amide bonds. The van der Waals surface area contributed by atoms with Crippen LogP contribution in [0.15, 0.2) is 34.3 Å². The number of hydrogen-bond donors (Lipinski definition) is 2. The second-order valence-corrected chi connectivity index (χ2v) is 5.89. The van der Waals surface area contributed by atoms with E-state index in [9.17, 15) is 8.42 Å². The molecule has 0 saturated heterocycles. The molecule has 2 N–H and O–H groups in total. The van der Waals surface area contributed by atoms with Crippen LogP contribution < -0.4 is 0 Å². The Bertz CT molecular complexity index is 567. The van der Waals surface area contributed by atoms with Gasteiger partial charge >= 0.3 is 0 Å². The van der Waals surface area contributed by atoms with Crippen molar-refractivity contribution in [1.82, 2.24) is 0 Å². The molecule has 0 aromatic heterocycles. The van der Waals surface area contributed by atoms with Crippen LogP contribution in [0, 0.1) is 6.92 Å². The first-order valence-corrected chi connectivity index (χ1v) is 9.06. The van der Waals surface area contributed by atoms with Crippen LogP contribution in [0.5, 0.6) is 0 Å². The number of rotatable bonds is 8. The largest absolute Gasteiger partial charge is 0.394 e. The maximum Gasteiger partial charge on any atom is 0.296 e. The molecule has 0 aliphatic heterocycles. The van der Waals surface area contributed by atoms with Gasteiger partial charge in [0, 0.05) is 18.1 Å². The van der Waals surface area contributed by atoms with E-state index in [4.69, 9.17) is 20.5 Å². The minimum Gasteiger partial charge on any atom is -0.394 e. The highest BCUT2D eigenvalue weighted by Gasteiger charge is 2.13. The molecule has 0 radical (unpaired) electrons. The van der Waals surface area contributed by atoms with Crippen LogP contribution in [-0.2, 0) is 19.0 Å². The predicted octanol–water partition coefficient (Wildman–Crippen LogP) is 2.02. The monoisotopic (exact) mass is 377 g/mol. The van der Waals surface area contributed by atoms with Crippen LogP contribution in [0.2, 0.25) is 0 Å². The molecule has 0 spiro atoms. The number of aliphatic hydroxyl groups is 2. The van der Waals surface area contributed by atoms with Crippen LogP contribution in [-0.4, -0.2) is 58.2 Å². The molecule has 0 bridgehead atoms. The predicted molar refractivity (Wildman–Crippen MR) is 94.7 cm³/mol. The zero-order valence-electron chi connectivity index (χ0n) is 14.8. The second-order valence-electron chi connectivity index (χ2n) is 4.27. The topological polar surface area (TPSA) is 142 Å². The summed E-state index contributed by atoms with van der Waals surface area (Å²) < 4.78 is 32.6. The first-order valence-electron chi connectivity index (χ1n) is 7.65. The fourth-order valence-corrected chi connectivity index (χ4v) is 2.11. The number of ether oxygens (including phenoxy) is 1. The van der Waals surface area contributed by atoms with Crippen molar-refractivity contribution in [3.63, 3.8) is 0 Å². The normalized spacial score (nSPS) is 9.80. The molecule has 25 heavy (non-hydrogen) atoms. The number of aliphatic hydroxyl groups excluding tert-OH is 2. The van der Waals surface area contributed by atoms with Crippen molar-refractivity contribution in [3.8, 4) is 0 Å². The summed E-state index contributed by atoms with van der Waals surface area (Å²) in [6, 6.07) is 6.31. The van der Waals surface area contributed by atoms with Crippen LogP contribution in [0.25, 0.3) is 10.4 Å². The van der Waals surface area contributed by atoms with Crippen LogP contribution in [0.4, 0.5) is 0 Å². The van der Waals surface area contributed by atoms with E-state index < -0.39 is 10.1 Å². The summed E-state index contributed by atoms with van der Waals surface area (Å²) >= 11 is 0. The second kappa shape index (κ2) is 17.2. The fourth-order valence-electron chi connectivity index (χ4n) is 1.21. The lowest BCUT2D eigenvalue weighted by molar-refractivity contribution is 0.162. The quantitative estimate of drug-likeness (QED) is 0.233. The van der Waals surface area contributed by atoms with Gasteiger partial charge in [0.15, 0.2) is 0 Å². The average Bonchev–Trinajstić information content (AvgIpc) is 2.61. The van der Waals surface area contributed by atoms with E-state index in [2.05, 4.69) is 14.2 Å². The lowest BCUT2D eigenvalue weighted by atomic mass is 10.2. The number of aryl methyl sites for hydroxylation is 1. The van der Waals surface area contributed by atoms with E-state index in [0.29, 0.717) is 0 Å². The molecule has 0 saturated carbocycles. The molecule has 0 aliphatic rings. The summed E-state index contributed by atoms with van der Waals surface area (Å²) in [6.45, 7) is 7.11. The van der Waals surface area contributed by atoms with E-state index in [0.717, 1.165) is 18.8 Å². The van der Waals surface area contributed by atoms with Gasteiger partial charge in [-0.3, -0.25) is 4.18 Å². The van der Waals surface area contributed by atoms with Gasteiger partial charge in [0.25, 0.3) is 10.1 Å². The van der Waals surface area contributed by atoms with Gasteiger partial charge < -0.3 is 14.9 Å². The Labute approximate surface area is 149 Å². The molecule has 0 atom stereocenters. The van der Waals surface area contributed by atoms with Gasteiger partial charge in [0.05, 0.1) is 31.3 Å². The third-order valence-electron chi connectivity index (χ3n) is 2.31. The first kappa shape index (κ1) is 25.6. The van der Waals surface area contributed by atoms with Crippen molar-refractivity contribution < 1.29 is 27.6 Å². The Morgan fingerprint density at radius 3 is 2.00 bits per heavy atom. The summed E-state index contributed by atoms with van der Waals surface area (Å²) in [7, 11) is -3.74. The molecule has 144 valence electrons. The molecule has 1 aromatic rings. The van der Waals surface area contributed by atoms with Crippen molar-refractivity contribution in [2.24, 2.45) is 5.11 Å². The van der Waals surface area contributed by atoms with Gasteiger partial charge in [-0.05, 0) is 38.4 Å². The van der Waals surface area contributed by atoms with Crippen molar-refractivity contribution in [2.75, 3.05) is 39.6 Å². The van der Waals surface area contributed by atoms with Gasteiger partial charge in [0.2, 0.25) is 0 Å². The SMILES string of the molecule is CCOCC.Cc1ccc(S(=O)(=O)OCCN=[N+]=[N-])cc1.OCCO. The van der Waals surface area contributed by atoms with Crippen molar-refractivity contribution in [1.29, 1.82) is 0 Å². The molecule has 1 rings (SSSR count). The first-order chi connectivity index (χ1) is 11.9. The van der Waals surface area contributed by atoms with Crippen molar-refractivity contribution in [2.45, 2.75) is 25.7 Å². The van der Waals surface area contributed by atoms with Gasteiger partial charge in [-0.2, -0.15) is 8.42 Å². The van der Waals surface area contributed by atoms with E-state index in [1.807, 2.05) is 20.8 Å². The molecule has 10 heteroatoms. The average molecular weight is 377 g/mol. The zero-order chi connectivity index (χ0) is 19.6. The Morgan fingerprint density at radius 1 is 1.12 bits per heavy atom. The van der Waals surface area contributed by atoms with E-state index >= 15 is 0 Å². The standard InChI is InChI=1S/C9H11N3O3S.C4H10O.C2H6O2/c1-8-2-4-9(5-3-8)16(13,14)15-7-6-11-12-10;1-3-5-4-2;3-1-2-4/h2-5H,6-7H2,1H3;3-4H2,1-2H3;3-4H,1-2H2. The lowest BCUT2D eigenvalue weighted by Gasteiger charge is -2.04. The van der Waals surface area contributed by atoms with Crippen LogP contribution >= 0.6 is 0 Å². The molecule has 0 unspecified atom stereocenters. The summed E-state index contributed by atoms with van der Waals surface area (Å²) in [5.41, 5.74) is 8.96. The fraction of sp³-hybridized carbons (Fsp3) is 0.600. The Kier molecular flexibility index (Phi) is 17.5. The summed E-state index contributed by atoms with van der Waals surface area (Å²) in [4.78, 5) is 2.59. The minimum atomic E-state index is -3.74. The van der Waals surface area contributed by atoms with Crippen molar-refractivity contribution in [3.05, 3.63) is 40.3 Å². The Hall–Kier alpha value is -1.68. The summed E-state index contributed by atoms with van der Waals surface area (Å²) in [5.74, 6) is 0. The third-order valence-corrected chi connectivity index (χ3v) is 3.64. The number of hydrogen-bond acceptors (Lipinski definition) is 7.